The van der Waals surface area contributed by atoms with Crippen LogP contribution in [0.2, 0.25) is 5.02 Å². The Balaban J connectivity index is 1.32. The molecule has 3 fully saturated rings. The van der Waals surface area contributed by atoms with Gasteiger partial charge in [0, 0.05) is 49.4 Å². The van der Waals surface area contributed by atoms with Crippen molar-refractivity contribution in [3.05, 3.63) is 34.6 Å². The SMILES string of the molecule is CN1CC(C(=O)N2CCN(C(=O)C3(O)CC3)CC2)CCC1c1ccc(Cl)cc1F. The molecule has 0 aromatic heterocycles. The molecule has 3 aliphatic rings. The Morgan fingerprint density at radius 2 is 1.79 bits per heavy atom. The van der Waals surface area contributed by atoms with Gasteiger partial charge in [-0.2, -0.15) is 0 Å². The first kappa shape index (κ1) is 20.6. The van der Waals surface area contributed by atoms with Gasteiger partial charge < -0.3 is 14.9 Å². The van der Waals surface area contributed by atoms with Gasteiger partial charge in [0.15, 0.2) is 0 Å². The molecule has 29 heavy (non-hydrogen) atoms. The number of piperazine rings is 1. The number of carbonyl (C=O) groups excluding carboxylic acids is 2. The number of amides is 2. The monoisotopic (exact) mass is 423 g/mol. The molecule has 158 valence electrons. The molecule has 6 nitrogen and oxygen atoms in total. The number of likely N-dealkylation sites (tertiary alicyclic amines) is 1. The van der Waals surface area contributed by atoms with E-state index < -0.39 is 5.60 Å². The zero-order valence-electron chi connectivity index (χ0n) is 16.6. The second-order valence-corrected chi connectivity index (χ2v) is 8.98. The van der Waals surface area contributed by atoms with Crippen molar-refractivity contribution in [2.24, 2.45) is 5.92 Å². The summed E-state index contributed by atoms with van der Waals surface area (Å²) in [6, 6.07) is 4.70. The zero-order valence-corrected chi connectivity index (χ0v) is 17.4. The molecule has 0 radical (unpaired) electrons. The first-order valence-electron chi connectivity index (χ1n) is 10.2. The van der Waals surface area contributed by atoms with Crippen LogP contribution in [0, 0.1) is 11.7 Å². The van der Waals surface area contributed by atoms with Crippen LogP contribution in [0.15, 0.2) is 18.2 Å². The highest BCUT2D eigenvalue weighted by atomic mass is 35.5. The van der Waals surface area contributed by atoms with Crippen molar-refractivity contribution in [3.8, 4) is 0 Å². The van der Waals surface area contributed by atoms with Gasteiger partial charge in [-0.1, -0.05) is 17.7 Å². The molecule has 0 bridgehead atoms. The molecule has 1 N–H and O–H groups in total. The quantitative estimate of drug-likeness (QED) is 0.808. The maximum atomic E-state index is 14.3. The van der Waals surface area contributed by atoms with E-state index in [4.69, 9.17) is 11.6 Å². The molecule has 0 spiro atoms. The van der Waals surface area contributed by atoms with Crippen LogP contribution in [0.5, 0.6) is 0 Å². The Kier molecular flexibility index (Phi) is 5.57. The number of benzene rings is 1. The van der Waals surface area contributed by atoms with E-state index in [0.717, 1.165) is 0 Å². The van der Waals surface area contributed by atoms with E-state index in [1.165, 1.54) is 6.07 Å². The van der Waals surface area contributed by atoms with E-state index in [0.29, 0.717) is 69.0 Å². The third-order valence-electron chi connectivity index (χ3n) is 6.50. The summed E-state index contributed by atoms with van der Waals surface area (Å²) in [5, 5.41) is 10.4. The van der Waals surface area contributed by atoms with Gasteiger partial charge >= 0.3 is 0 Å². The topological polar surface area (TPSA) is 64.1 Å². The van der Waals surface area contributed by atoms with E-state index in [-0.39, 0.29) is 29.6 Å². The minimum absolute atomic E-state index is 0.0647. The molecule has 1 saturated carbocycles. The number of nitrogens with zero attached hydrogens (tertiary/aromatic N) is 3. The van der Waals surface area contributed by atoms with Gasteiger partial charge in [-0.05, 0) is 44.9 Å². The largest absolute Gasteiger partial charge is 0.380 e. The Labute approximate surface area is 175 Å². The molecule has 8 heteroatoms. The summed E-state index contributed by atoms with van der Waals surface area (Å²) in [5.74, 6) is -0.530. The molecule has 1 aliphatic carbocycles. The van der Waals surface area contributed by atoms with E-state index >= 15 is 0 Å². The number of hydrogen-bond acceptors (Lipinski definition) is 4. The number of rotatable bonds is 3. The van der Waals surface area contributed by atoms with Crippen LogP contribution >= 0.6 is 11.6 Å². The lowest BCUT2D eigenvalue weighted by Gasteiger charge is -2.41. The summed E-state index contributed by atoms with van der Waals surface area (Å²) in [4.78, 5) is 30.8. The lowest BCUT2D eigenvalue weighted by Crippen LogP contribution is -2.55. The number of piperidine rings is 1. The van der Waals surface area contributed by atoms with Crippen molar-refractivity contribution in [1.29, 1.82) is 0 Å². The van der Waals surface area contributed by atoms with Gasteiger partial charge in [-0.3, -0.25) is 14.5 Å². The van der Waals surface area contributed by atoms with Crippen LogP contribution in [0.1, 0.15) is 37.3 Å². The molecular formula is C21H27ClFN3O3. The fraction of sp³-hybridized carbons (Fsp3) is 0.619. The Hall–Kier alpha value is -1.70. The van der Waals surface area contributed by atoms with Crippen molar-refractivity contribution in [2.75, 3.05) is 39.8 Å². The Morgan fingerprint density at radius 1 is 1.14 bits per heavy atom. The van der Waals surface area contributed by atoms with E-state index in [1.807, 2.05) is 16.8 Å². The number of hydrogen-bond donors (Lipinski definition) is 1. The third kappa shape index (κ3) is 4.13. The summed E-state index contributed by atoms with van der Waals surface area (Å²) in [7, 11) is 1.92. The minimum atomic E-state index is -1.15. The second-order valence-electron chi connectivity index (χ2n) is 8.54. The summed E-state index contributed by atoms with van der Waals surface area (Å²) in [6.45, 7) is 2.50. The van der Waals surface area contributed by atoms with E-state index in [9.17, 15) is 19.1 Å². The average Bonchev–Trinajstić information content (AvgIpc) is 3.46. The first-order chi connectivity index (χ1) is 13.8. The number of halogens is 2. The third-order valence-corrected chi connectivity index (χ3v) is 6.74. The highest BCUT2D eigenvalue weighted by molar-refractivity contribution is 6.30. The zero-order chi connectivity index (χ0) is 20.8. The average molecular weight is 424 g/mol. The van der Waals surface area contributed by atoms with E-state index in [1.54, 1.807) is 17.0 Å². The van der Waals surface area contributed by atoms with Crippen LogP contribution in [-0.4, -0.2) is 77.0 Å². The molecule has 2 atom stereocenters. The van der Waals surface area contributed by atoms with Gasteiger partial charge in [0.1, 0.15) is 11.4 Å². The van der Waals surface area contributed by atoms with Gasteiger partial charge in [-0.15, -0.1) is 0 Å². The number of carbonyl (C=O) groups is 2. The van der Waals surface area contributed by atoms with Gasteiger partial charge in [0.05, 0.1) is 5.92 Å². The highest BCUT2D eigenvalue weighted by Gasteiger charge is 2.50. The van der Waals surface area contributed by atoms with Crippen molar-refractivity contribution >= 4 is 23.4 Å². The molecule has 2 saturated heterocycles. The molecule has 2 unspecified atom stereocenters. The standard InChI is InChI=1S/C21H27ClFN3O3/c1-24-13-14(2-5-18(24)16-4-3-15(22)12-17(16)23)19(27)25-8-10-26(11-9-25)20(28)21(29)6-7-21/h3-4,12,14,18,29H,2,5-11,13H2,1H3. The van der Waals surface area contributed by atoms with Crippen LogP contribution in [0.4, 0.5) is 4.39 Å². The van der Waals surface area contributed by atoms with Crippen molar-refractivity contribution < 1.29 is 19.1 Å². The molecule has 2 aliphatic heterocycles. The van der Waals surface area contributed by atoms with Crippen LogP contribution in [0.25, 0.3) is 0 Å². The summed E-state index contributed by atoms with van der Waals surface area (Å²) < 4.78 is 14.3. The fourth-order valence-electron chi connectivity index (χ4n) is 4.53. The predicted molar refractivity (Wildman–Crippen MR) is 107 cm³/mol. The lowest BCUT2D eigenvalue weighted by molar-refractivity contribution is -0.149. The van der Waals surface area contributed by atoms with E-state index in [2.05, 4.69) is 0 Å². The molecule has 2 amide bonds. The van der Waals surface area contributed by atoms with Crippen LogP contribution in [0.3, 0.4) is 0 Å². The lowest BCUT2D eigenvalue weighted by atomic mass is 9.88. The maximum Gasteiger partial charge on any atom is 0.254 e. The maximum absolute atomic E-state index is 14.3. The van der Waals surface area contributed by atoms with Crippen molar-refractivity contribution in [3.63, 3.8) is 0 Å². The smallest absolute Gasteiger partial charge is 0.254 e. The fourth-order valence-corrected chi connectivity index (χ4v) is 4.69. The van der Waals surface area contributed by atoms with Crippen molar-refractivity contribution in [2.45, 2.75) is 37.3 Å². The predicted octanol–water partition coefficient (Wildman–Crippen LogP) is 2.06. The molecule has 2 heterocycles. The van der Waals surface area contributed by atoms with Gasteiger partial charge in [-0.25, -0.2) is 4.39 Å². The molecule has 4 rings (SSSR count). The normalized spacial score (nSPS) is 27.0. The summed E-state index contributed by atoms with van der Waals surface area (Å²) >= 11 is 5.86. The second kappa shape index (κ2) is 7.85. The Morgan fingerprint density at radius 3 is 2.38 bits per heavy atom. The van der Waals surface area contributed by atoms with Crippen molar-refractivity contribution in [1.82, 2.24) is 14.7 Å². The first-order valence-corrected chi connectivity index (χ1v) is 10.6. The molecule has 1 aromatic carbocycles. The summed E-state index contributed by atoms with van der Waals surface area (Å²) in [5.41, 5.74) is -0.530. The highest BCUT2D eigenvalue weighted by Crippen LogP contribution is 2.37. The molecular weight excluding hydrogens is 397 g/mol. The number of aliphatic hydroxyl groups is 1. The Bertz CT molecular complexity index is 808. The molecule has 1 aromatic rings. The van der Waals surface area contributed by atoms with Gasteiger partial charge in [0.25, 0.3) is 5.91 Å². The van der Waals surface area contributed by atoms with Gasteiger partial charge in [0.2, 0.25) is 5.91 Å². The summed E-state index contributed by atoms with van der Waals surface area (Å²) in [6.07, 6.45) is 2.48. The minimum Gasteiger partial charge on any atom is -0.380 e. The van der Waals surface area contributed by atoms with Crippen LogP contribution < -0.4 is 0 Å². The van der Waals surface area contributed by atoms with Crippen LogP contribution in [-0.2, 0) is 9.59 Å².